The Morgan fingerprint density at radius 1 is 1.10 bits per heavy atom. The number of piperidine rings is 1. The average Bonchev–Trinajstić information content (AvgIpc) is 3.68. The number of hydrogen-bond donors (Lipinski definition) is 2. The molecule has 1 aliphatic carbocycles. The summed E-state index contributed by atoms with van der Waals surface area (Å²) >= 11 is 0. The molecule has 3 aliphatic rings. The van der Waals surface area contributed by atoms with E-state index in [1.807, 2.05) is 36.4 Å². The third-order valence-electron chi connectivity index (χ3n) is 9.29. The van der Waals surface area contributed by atoms with Crippen molar-refractivity contribution in [2.45, 2.75) is 57.1 Å². The molecule has 0 radical (unpaired) electrons. The topological polar surface area (TPSA) is 83.1 Å². The minimum atomic E-state index is -0.210. The zero-order chi connectivity index (χ0) is 28.0. The van der Waals surface area contributed by atoms with Crippen LogP contribution in [-0.4, -0.2) is 51.7 Å². The Bertz CT molecular complexity index is 1610. The van der Waals surface area contributed by atoms with Crippen LogP contribution >= 0.6 is 0 Å². The van der Waals surface area contributed by atoms with Crippen molar-refractivity contribution < 1.29 is 9.53 Å². The second-order valence-corrected chi connectivity index (χ2v) is 12.1. The lowest BCUT2D eigenvalue weighted by Crippen LogP contribution is -2.46. The van der Waals surface area contributed by atoms with Crippen molar-refractivity contribution in [1.29, 1.82) is 0 Å². The monoisotopic (exact) mass is 547 g/mol. The molecule has 2 aromatic carbocycles. The molecule has 0 unspecified atom stereocenters. The second kappa shape index (κ2) is 10.5. The fourth-order valence-electron chi connectivity index (χ4n) is 6.92. The van der Waals surface area contributed by atoms with Gasteiger partial charge in [-0.2, -0.15) is 5.10 Å². The fourth-order valence-corrected chi connectivity index (χ4v) is 6.92. The maximum Gasteiger partial charge on any atom is 0.251 e. The van der Waals surface area contributed by atoms with E-state index in [2.05, 4.69) is 63.6 Å². The van der Waals surface area contributed by atoms with Crippen LogP contribution in [0.1, 0.15) is 73.1 Å². The van der Waals surface area contributed by atoms with Gasteiger partial charge in [0.1, 0.15) is 11.4 Å². The summed E-state index contributed by atoms with van der Waals surface area (Å²) in [6.07, 6.45) is 10.7. The summed E-state index contributed by atoms with van der Waals surface area (Å²) in [6, 6.07) is 18.0. The Labute approximate surface area is 241 Å². The molecule has 7 heteroatoms. The molecular weight excluding hydrogens is 510 g/mol. The van der Waals surface area contributed by atoms with E-state index in [4.69, 9.17) is 4.74 Å². The summed E-state index contributed by atoms with van der Waals surface area (Å²) in [5.41, 5.74) is 6.43. The highest BCUT2D eigenvalue weighted by molar-refractivity contribution is 6.01. The first kappa shape index (κ1) is 26.0. The molecule has 210 valence electrons. The number of benzene rings is 2. The molecule has 2 fully saturated rings. The molecule has 2 aromatic heterocycles. The Hall–Kier alpha value is -3.97. The van der Waals surface area contributed by atoms with Crippen LogP contribution in [0.2, 0.25) is 0 Å². The molecule has 4 aromatic rings. The van der Waals surface area contributed by atoms with Crippen molar-refractivity contribution in [2.75, 3.05) is 20.1 Å². The molecule has 1 saturated carbocycles. The van der Waals surface area contributed by atoms with Gasteiger partial charge >= 0.3 is 0 Å². The Kier molecular flexibility index (Phi) is 6.62. The minimum absolute atomic E-state index is 0.0809. The van der Waals surface area contributed by atoms with E-state index in [9.17, 15) is 4.79 Å². The number of nitrogens with one attached hydrogen (secondary N) is 2. The van der Waals surface area contributed by atoms with Gasteiger partial charge in [-0.25, -0.2) is 0 Å². The zero-order valence-electron chi connectivity index (χ0n) is 23.8. The van der Waals surface area contributed by atoms with Gasteiger partial charge in [0.25, 0.3) is 5.91 Å². The number of hydrogen-bond acceptors (Lipinski definition) is 5. The molecule has 4 heterocycles. The van der Waals surface area contributed by atoms with Gasteiger partial charge in [0, 0.05) is 54.2 Å². The lowest BCUT2D eigenvalue weighted by Gasteiger charge is -2.42. The number of allylic oxidation sites excluding steroid dienone is 1. The van der Waals surface area contributed by atoms with Crippen LogP contribution in [0.15, 0.2) is 66.9 Å². The number of H-pyrrole nitrogens is 1. The molecule has 41 heavy (non-hydrogen) atoms. The number of aromatic nitrogens is 3. The molecule has 1 saturated heterocycles. The number of pyridine rings is 1. The van der Waals surface area contributed by atoms with Gasteiger partial charge in [0.2, 0.25) is 0 Å². The number of aromatic amines is 1. The number of ether oxygens (including phenoxy) is 1. The Balaban J connectivity index is 1.17. The van der Waals surface area contributed by atoms with E-state index >= 15 is 0 Å². The molecule has 7 rings (SSSR count). The van der Waals surface area contributed by atoms with Crippen molar-refractivity contribution in [3.8, 4) is 17.0 Å². The second-order valence-electron chi connectivity index (χ2n) is 12.1. The summed E-state index contributed by atoms with van der Waals surface area (Å²) in [6.45, 7) is 4.25. The van der Waals surface area contributed by atoms with Crippen LogP contribution in [0, 0.1) is 5.92 Å². The van der Waals surface area contributed by atoms with E-state index in [0.717, 1.165) is 77.9 Å². The maximum absolute atomic E-state index is 13.6. The van der Waals surface area contributed by atoms with Gasteiger partial charge in [0.15, 0.2) is 0 Å². The summed E-state index contributed by atoms with van der Waals surface area (Å²) in [5, 5.41) is 12.1. The fraction of sp³-hybridized carbons (Fsp3) is 0.382. The van der Waals surface area contributed by atoms with Crippen molar-refractivity contribution in [2.24, 2.45) is 5.92 Å². The minimum Gasteiger partial charge on any atom is -0.482 e. The van der Waals surface area contributed by atoms with Gasteiger partial charge in [-0.05, 0) is 92.9 Å². The van der Waals surface area contributed by atoms with Gasteiger partial charge in [-0.3, -0.25) is 14.9 Å². The molecule has 2 N–H and O–H groups in total. The van der Waals surface area contributed by atoms with Crippen LogP contribution in [0.5, 0.6) is 5.75 Å². The van der Waals surface area contributed by atoms with E-state index < -0.39 is 0 Å². The lowest BCUT2D eigenvalue weighted by molar-refractivity contribution is 0.0467. The van der Waals surface area contributed by atoms with E-state index in [1.165, 1.54) is 18.4 Å². The smallest absolute Gasteiger partial charge is 0.251 e. The van der Waals surface area contributed by atoms with Crippen LogP contribution < -0.4 is 10.1 Å². The van der Waals surface area contributed by atoms with Crippen LogP contribution in [-0.2, 0) is 0 Å². The average molecular weight is 548 g/mol. The number of carbonyl (C=O) groups excluding carboxylic acids is 1. The predicted octanol–water partition coefficient (Wildman–Crippen LogP) is 6.55. The number of rotatable bonds is 5. The molecule has 1 amide bonds. The first-order chi connectivity index (χ1) is 20.0. The lowest BCUT2D eigenvalue weighted by atomic mass is 9.85. The third-order valence-corrected chi connectivity index (χ3v) is 9.29. The van der Waals surface area contributed by atoms with Crippen molar-refractivity contribution in [3.63, 3.8) is 0 Å². The van der Waals surface area contributed by atoms with E-state index in [0.29, 0.717) is 11.5 Å². The predicted molar refractivity (Wildman–Crippen MR) is 162 cm³/mol. The standard InChI is InChI=1S/C34H37N5O2/c1-22-21-34(14-17-39(2)18-15-34)41-30-13-11-24(19-26(22)30)31-27-20-25(10-12-28(27)37-38-31)33(40)36-32(23-7-3-4-8-23)29-9-5-6-16-35-29/h5-6,9-13,16,19-21,23,32H,3-4,7-8,14-15,17-18H2,1-2H3,(H,36,40)(H,37,38)/t32-/m0/s1. The number of carbonyl (C=O) groups is 1. The van der Waals surface area contributed by atoms with Crippen LogP contribution in [0.3, 0.4) is 0 Å². The van der Waals surface area contributed by atoms with Crippen molar-refractivity contribution in [1.82, 2.24) is 25.4 Å². The van der Waals surface area contributed by atoms with E-state index in [-0.39, 0.29) is 17.6 Å². The van der Waals surface area contributed by atoms with Gasteiger partial charge in [-0.1, -0.05) is 18.9 Å². The highest BCUT2D eigenvalue weighted by Crippen LogP contribution is 2.42. The van der Waals surface area contributed by atoms with Gasteiger partial charge in [-0.15, -0.1) is 0 Å². The molecule has 7 nitrogen and oxygen atoms in total. The molecule has 1 atom stereocenters. The first-order valence-electron chi connectivity index (χ1n) is 14.9. The highest BCUT2D eigenvalue weighted by Gasteiger charge is 2.37. The summed E-state index contributed by atoms with van der Waals surface area (Å²) in [5.74, 6) is 1.26. The molecule has 1 spiro atoms. The Morgan fingerprint density at radius 2 is 1.93 bits per heavy atom. The number of fused-ring (bicyclic) bond motifs is 2. The first-order valence-corrected chi connectivity index (χ1v) is 14.9. The quantitative estimate of drug-likeness (QED) is 0.296. The number of nitrogens with zero attached hydrogens (tertiary/aromatic N) is 3. The van der Waals surface area contributed by atoms with Crippen molar-refractivity contribution >= 4 is 22.4 Å². The normalized spacial score (nSPS) is 19.5. The van der Waals surface area contributed by atoms with Gasteiger partial charge < -0.3 is 15.0 Å². The number of likely N-dealkylation sites (tertiary alicyclic amines) is 1. The Morgan fingerprint density at radius 3 is 2.71 bits per heavy atom. The molecular formula is C34H37N5O2. The highest BCUT2D eigenvalue weighted by atomic mass is 16.5. The number of amides is 1. The van der Waals surface area contributed by atoms with Crippen molar-refractivity contribution in [3.05, 3.63) is 83.7 Å². The zero-order valence-corrected chi connectivity index (χ0v) is 23.8. The maximum atomic E-state index is 13.6. The summed E-state index contributed by atoms with van der Waals surface area (Å²) in [7, 11) is 2.17. The summed E-state index contributed by atoms with van der Waals surface area (Å²) in [4.78, 5) is 20.6. The third kappa shape index (κ3) is 4.93. The molecule has 2 aliphatic heterocycles. The largest absolute Gasteiger partial charge is 0.482 e. The van der Waals surface area contributed by atoms with Crippen LogP contribution in [0.25, 0.3) is 27.7 Å². The SMILES string of the molecule is CC1=CC2(CCN(C)CC2)Oc2ccc(-c3n[nH]c4ccc(C(=O)N[C@H](c5ccccn5)C5CCCC5)cc34)cc21. The van der Waals surface area contributed by atoms with Crippen LogP contribution in [0.4, 0.5) is 0 Å². The summed E-state index contributed by atoms with van der Waals surface area (Å²) < 4.78 is 6.62. The molecule has 0 bridgehead atoms. The van der Waals surface area contributed by atoms with E-state index in [1.54, 1.807) is 6.20 Å². The van der Waals surface area contributed by atoms with Gasteiger partial charge in [0.05, 0.1) is 22.9 Å².